The van der Waals surface area contributed by atoms with Gasteiger partial charge in [-0.25, -0.2) is 4.98 Å². The van der Waals surface area contributed by atoms with Gasteiger partial charge in [-0.05, 0) is 84.9 Å². The number of aromatic nitrogens is 2. The van der Waals surface area contributed by atoms with E-state index in [1.54, 1.807) is 6.20 Å². The number of amides is 1. The monoisotopic (exact) mass is 467 g/mol. The maximum Gasteiger partial charge on any atom is 0.303 e. The Morgan fingerprint density at radius 3 is 2.37 bits per heavy atom. The van der Waals surface area contributed by atoms with Crippen molar-refractivity contribution in [3.8, 4) is 11.1 Å². The van der Waals surface area contributed by atoms with Gasteiger partial charge in [0.1, 0.15) is 11.3 Å². The average Bonchev–Trinajstić information content (AvgIpc) is 3.29. The summed E-state index contributed by atoms with van der Waals surface area (Å²) in [6.07, 6.45) is 8.11. The molecule has 6 nitrogen and oxygen atoms in total. The van der Waals surface area contributed by atoms with Crippen LogP contribution < -0.4 is 5.32 Å². The largest absolute Gasteiger partial charge is 0.481 e. The predicted octanol–water partition coefficient (Wildman–Crippen LogP) is 6.31. The molecule has 4 aromatic rings. The van der Waals surface area contributed by atoms with Gasteiger partial charge < -0.3 is 14.8 Å². The fourth-order valence-electron chi connectivity index (χ4n) is 5.07. The second kappa shape index (κ2) is 9.74. The first kappa shape index (κ1) is 22.8. The number of anilines is 1. The summed E-state index contributed by atoms with van der Waals surface area (Å²) in [6, 6.07) is 20.3. The van der Waals surface area contributed by atoms with Gasteiger partial charge in [0.25, 0.3) is 5.91 Å². The van der Waals surface area contributed by atoms with Crippen LogP contribution in [0.15, 0.2) is 73.1 Å². The van der Waals surface area contributed by atoms with Gasteiger partial charge in [0.2, 0.25) is 0 Å². The van der Waals surface area contributed by atoms with Crippen molar-refractivity contribution in [1.82, 2.24) is 9.38 Å². The smallest absolute Gasteiger partial charge is 0.303 e. The van der Waals surface area contributed by atoms with Crippen LogP contribution in [0, 0.1) is 12.8 Å². The Morgan fingerprint density at radius 2 is 1.66 bits per heavy atom. The summed E-state index contributed by atoms with van der Waals surface area (Å²) in [7, 11) is 0. The summed E-state index contributed by atoms with van der Waals surface area (Å²) >= 11 is 0. The zero-order valence-corrected chi connectivity index (χ0v) is 19.8. The standard InChI is InChI=1S/C29H29N3O3/c1-19-4-2-3-5-25(19)31-29(35)26-18-32-17-24(14-15-27(32)30-26)23-12-10-22(11-13-23)21-8-6-20(7-9-21)16-28(33)34/h2-5,10-15,17-18,20-21H,6-9,16H2,1H3,(H,31,35)(H,33,34)/t20-,21-. The van der Waals surface area contributed by atoms with Crippen molar-refractivity contribution in [1.29, 1.82) is 0 Å². The lowest BCUT2D eigenvalue weighted by atomic mass is 9.77. The summed E-state index contributed by atoms with van der Waals surface area (Å²) in [4.78, 5) is 28.2. The van der Waals surface area contributed by atoms with Gasteiger partial charge in [0, 0.05) is 24.5 Å². The molecular weight excluding hydrogens is 438 g/mol. The summed E-state index contributed by atoms with van der Waals surface area (Å²) < 4.78 is 1.89. The van der Waals surface area contributed by atoms with Crippen LogP contribution in [0.5, 0.6) is 0 Å². The molecule has 1 aliphatic carbocycles. The minimum absolute atomic E-state index is 0.230. The minimum atomic E-state index is -0.688. The van der Waals surface area contributed by atoms with Crippen LogP contribution in [0.2, 0.25) is 0 Å². The Hall–Kier alpha value is -3.93. The van der Waals surface area contributed by atoms with E-state index in [1.165, 1.54) is 5.56 Å². The van der Waals surface area contributed by atoms with Gasteiger partial charge in [0.05, 0.1) is 0 Å². The molecule has 0 saturated heterocycles. The number of carboxylic acid groups (broad SMARTS) is 1. The number of nitrogens with one attached hydrogen (secondary N) is 1. The molecule has 2 aromatic carbocycles. The Bertz CT molecular complexity index is 1370. The maximum atomic E-state index is 12.7. The first-order chi connectivity index (χ1) is 17.0. The Morgan fingerprint density at radius 1 is 0.943 bits per heavy atom. The molecular formula is C29H29N3O3. The van der Waals surface area contributed by atoms with Crippen LogP contribution in [-0.2, 0) is 4.79 Å². The fourth-order valence-corrected chi connectivity index (χ4v) is 5.07. The van der Waals surface area contributed by atoms with E-state index in [0.717, 1.165) is 53.7 Å². The van der Waals surface area contributed by atoms with Crippen molar-refractivity contribution in [3.05, 3.63) is 89.9 Å². The summed E-state index contributed by atoms with van der Waals surface area (Å²) in [5, 5.41) is 12.0. The summed E-state index contributed by atoms with van der Waals surface area (Å²) in [5.41, 5.74) is 6.36. The fraction of sp³-hybridized carbons (Fsp3) is 0.276. The molecule has 2 heterocycles. The molecule has 0 radical (unpaired) electrons. The van der Waals surface area contributed by atoms with E-state index in [2.05, 4.69) is 34.6 Å². The zero-order valence-electron chi connectivity index (χ0n) is 19.8. The molecule has 0 bridgehead atoms. The summed E-state index contributed by atoms with van der Waals surface area (Å²) in [6.45, 7) is 1.96. The molecule has 1 saturated carbocycles. The van der Waals surface area contributed by atoms with E-state index in [9.17, 15) is 9.59 Å². The number of fused-ring (bicyclic) bond motifs is 1. The van der Waals surface area contributed by atoms with Gasteiger partial charge in [-0.2, -0.15) is 0 Å². The quantitative estimate of drug-likeness (QED) is 0.348. The highest BCUT2D eigenvalue weighted by molar-refractivity contribution is 6.03. The van der Waals surface area contributed by atoms with Crippen molar-refractivity contribution < 1.29 is 14.7 Å². The molecule has 1 fully saturated rings. The lowest BCUT2D eigenvalue weighted by Gasteiger charge is -2.28. The third-order valence-corrected chi connectivity index (χ3v) is 7.10. The van der Waals surface area contributed by atoms with Crippen LogP contribution in [0.4, 0.5) is 5.69 Å². The van der Waals surface area contributed by atoms with Crippen LogP contribution in [0.3, 0.4) is 0 Å². The Kier molecular flexibility index (Phi) is 6.36. The maximum absolute atomic E-state index is 12.7. The topological polar surface area (TPSA) is 83.7 Å². The number of hydrogen-bond acceptors (Lipinski definition) is 3. The summed E-state index contributed by atoms with van der Waals surface area (Å²) in [5.74, 6) is -0.105. The number of pyridine rings is 1. The third-order valence-electron chi connectivity index (χ3n) is 7.10. The highest BCUT2D eigenvalue weighted by Crippen LogP contribution is 2.37. The molecule has 1 aliphatic rings. The van der Waals surface area contributed by atoms with E-state index in [1.807, 2.05) is 53.9 Å². The van der Waals surface area contributed by atoms with E-state index in [4.69, 9.17) is 5.11 Å². The molecule has 6 heteroatoms. The molecule has 0 aliphatic heterocycles. The number of nitrogens with zero attached hydrogens (tertiary/aromatic N) is 2. The molecule has 178 valence electrons. The van der Waals surface area contributed by atoms with Crippen molar-refractivity contribution in [3.63, 3.8) is 0 Å². The lowest BCUT2D eigenvalue weighted by Crippen LogP contribution is -2.16. The number of benzene rings is 2. The van der Waals surface area contributed by atoms with Gasteiger partial charge in [-0.3, -0.25) is 9.59 Å². The minimum Gasteiger partial charge on any atom is -0.481 e. The van der Waals surface area contributed by atoms with E-state index in [-0.39, 0.29) is 12.3 Å². The van der Waals surface area contributed by atoms with E-state index >= 15 is 0 Å². The first-order valence-electron chi connectivity index (χ1n) is 12.1. The number of para-hydroxylation sites is 1. The number of carboxylic acids is 1. The second-order valence-electron chi connectivity index (χ2n) is 9.52. The molecule has 2 N–H and O–H groups in total. The van der Waals surface area contributed by atoms with Crippen LogP contribution in [0.25, 0.3) is 16.8 Å². The highest BCUT2D eigenvalue weighted by atomic mass is 16.4. The molecule has 35 heavy (non-hydrogen) atoms. The average molecular weight is 468 g/mol. The molecule has 0 atom stereocenters. The van der Waals surface area contributed by atoms with Crippen molar-refractivity contribution >= 4 is 23.2 Å². The number of rotatable bonds is 6. The molecule has 5 rings (SSSR count). The Balaban J connectivity index is 1.28. The van der Waals surface area contributed by atoms with E-state index in [0.29, 0.717) is 17.5 Å². The predicted molar refractivity (Wildman–Crippen MR) is 137 cm³/mol. The number of hydrogen-bond donors (Lipinski definition) is 2. The normalized spacial score (nSPS) is 17.9. The van der Waals surface area contributed by atoms with Gasteiger partial charge in [-0.15, -0.1) is 0 Å². The van der Waals surface area contributed by atoms with Crippen LogP contribution >= 0.6 is 0 Å². The highest BCUT2D eigenvalue weighted by Gasteiger charge is 2.24. The molecule has 2 aromatic heterocycles. The van der Waals surface area contributed by atoms with Gasteiger partial charge >= 0.3 is 5.97 Å². The number of aliphatic carboxylic acids is 1. The SMILES string of the molecule is Cc1ccccc1NC(=O)c1cn2cc(-c3ccc([C@H]4CC[C@H](CC(=O)O)CC4)cc3)ccc2n1. The third kappa shape index (κ3) is 5.11. The number of carbonyl (C=O) groups is 2. The van der Waals surface area contributed by atoms with Gasteiger partial charge in [-0.1, -0.05) is 42.5 Å². The second-order valence-corrected chi connectivity index (χ2v) is 9.52. The van der Waals surface area contributed by atoms with Crippen LogP contribution in [-0.4, -0.2) is 26.4 Å². The molecule has 0 spiro atoms. The van der Waals surface area contributed by atoms with Crippen molar-refractivity contribution in [2.24, 2.45) is 5.92 Å². The molecule has 0 unspecified atom stereocenters. The first-order valence-corrected chi connectivity index (χ1v) is 12.1. The van der Waals surface area contributed by atoms with Crippen molar-refractivity contribution in [2.45, 2.75) is 44.9 Å². The van der Waals surface area contributed by atoms with Gasteiger partial charge in [0.15, 0.2) is 0 Å². The number of aryl methyl sites for hydroxylation is 1. The Labute approximate surface area is 204 Å². The lowest BCUT2D eigenvalue weighted by molar-refractivity contribution is -0.138. The number of imidazole rings is 1. The van der Waals surface area contributed by atoms with Crippen molar-refractivity contribution in [2.75, 3.05) is 5.32 Å². The van der Waals surface area contributed by atoms with E-state index < -0.39 is 5.97 Å². The number of carbonyl (C=O) groups excluding carboxylic acids is 1. The zero-order chi connectivity index (χ0) is 24.4. The van der Waals surface area contributed by atoms with Crippen LogP contribution in [0.1, 0.15) is 59.6 Å². The molecule has 1 amide bonds.